The van der Waals surface area contributed by atoms with Crippen molar-refractivity contribution >= 4 is 6.03 Å². The van der Waals surface area contributed by atoms with E-state index < -0.39 is 18.2 Å². The van der Waals surface area contributed by atoms with E-state index in [0.29, 0.717) is 25.8 Å². The third kappa shape index (κ3) is 4.64. The monoisotopic (exact) mass is 314 g/mol. The predicted octanol–water partition coefficient (Wildman–Crippen LogP) is 3.75. The predicted molar refractivity (Wildman–Crippen MR) is 78.6 cm³/mol. The lowest BCUT2D eigenvalue weighted by Crippen LogP contribution is -2.54. The third-order valence-corrected chi connectivity index (χ3v) is 3.90. The van der Waals surface area contributed by atoms with Crippen molar-refractivity contribution in [2.24, 2.45) is 0 Å². The molecular formula is C16H21F3N2O. The van der Waals surface area contributed by atoms with Crippen LogP contribution in [0.5, 0.6) is 0 Å². The fourth-order valence-electron chi connectivity index (χ4n) is 2.75. The summed E-state index contributed by atoms with van der Waals surface area (Å²) in [5.74, 6) is 0. The van der Waals surface area contributed by atoms with Crippen LogP contribution >= 0.6 is 0 Å². The number of nitrogens with zero attached hydrogens (tertiary/aromatic N) is 1. The number of carbonyl (C=O) groups is 1. The lowest BCUT2D eigenvalue weighted by molar-refractivity contribution is -0.182. The van der Waals surface area contributed by atoms with Crippen molar-refractivity contribution in [3.8, 4) is 0 Å². The van der Waals surface area contributed by atoms with Gasteiger partial charge in [-0.15, -0.1) is 0 Å². The molecule has 122 valence electrons. The van der Waals surface area contributed by atoms with Crippen LogP contribution in [0.15, 0.2) is 30.3 Å². The number of halogens is 3. The first-order valence-corrected chi connectivity index (χ1v) is 7.63. The molecule has 2 amide bonds. The van der Waals surface area contributed by atoms with Gasteiger partial charge in [0, 0.05) is 13.1 Å². The van der Waals surface area contributed by atoms with E-state index in [-0.39, 0.29) is 13.0 Å². The Bertz CT molecular complexity index is 476. The molecule has 1 unspecified atom stereocenters. The second kappa shape index (κ2) is 7.51. The minimum atomic E-state index is -4.35. The third-order valence-electron chi connectivity index (χ3n) is 3.90. The van der Waals surface area contributed by atoms with Crippen molar-refractivity contribution < 1.29 is 18.0 Å². The Morgan fingerprint density at radius 3 is 2.64 bits per heavy atom. The van der Waals surface area contributed by atoms with E-state index in [1.807, 2.05) is 30.3 Å². The Labute approximate surface area is 128 Å². The van der Waals surface area contributed by atoms with E-state index in [9.17, 15) is 18.0 Å². The maximum absolute atomic E-state index is 12.9. The number of urea groups is 1. The molecule has 1 saturated heterocycles. The molecule has 1 aromatic rings. The zero-order valence-electron chi connectivity index (χ0n) is 12.4. The zero-order valence-corrected chi connectivity index (χ0v) is 12.4. The highest BCUT2D eigenvalue weighted by Gasteiger charge is 2.46. The Kier molecular flexibility index (Phi) is 5.69. The molecule has 1 heterocycles. The Hall–Kier alpha value is -1.72. The molecule has 1 aromatic carbocycles. The Balaban J connectivity index is 1.78. The van der Waals surface area contributed by atoms with E-state index >= 15 is 0 Å². The minimum Gasteiger partial charge on any atom is -0.338 e. The van der Waals surface area contributed by atoms with Gasteiger partial charge in [0.2, 0.25) is 0 Å². The number of alkyl halides is 3. The van der Waals surface area contributed by atoms with Crippen molar-refractivity contribution in [1.82, 2.24) is 10.2 Å². The lowest BCUT2D eigenvalue weighted by atomic mass is 10.0. The fourth-order valence-corrected chi connectivity index (χ4v) is 2.75. The molecule has 1 fully saturated rings. The lowest BCUT2D eigenvalue weighted by Gasteiger charge is -2.36. The summed E-state index contributed by atoms with van der Waals surface area (Å²) < 4.78 is 38.8. The molecule has 0 radical (unpaired) electrons. The van der Waals surface area contributed by atoms with E-state index in [2.05, 4.69) is 5.32 Å². The van der Waals surface area contributed by atoms with Crippen LogP contribution < -0.4 is 5.32 Å². The smallest absolute Gasteiger partial charge is 0.338 e. The van der Waals surface area contributed by atoms with Crippen LogP contribution in [0.2, 0.25) is 0 Å². The number of hydrogen-bond acceptors (Lipinski definition) is 1. The van der Waals surface area contributed by atoms with Crippen molar-refractivity contribution in [2.45, 2.75) is 44.3 Å². The van der Waals surface area contributed by atoms with Crippen LogP contribution in [0.3, 0.4) is 0 Å². The van der Waals surface area contributed by atoms with Crippen LogP contribution in [0.1, 0.15) is 31.2 Å². The van der Waals surface area contributed by atoms with E-state index in [1.165, 1.54) is 0 Å². The maximum Gasteiger partial charge on any atom is 0.408 e. The van der Waals surface area contributed by atoms with Gasteiger partial charge in [0.1, 0.15) is 6.04 Å². The van der Waals surface area contributed by atoms with E-state index in [1.54, 1.807) is 0 Å². The normalized spacial score (nSPS) is 19.0. The number of piperidine rings is 1. The molecule has 0 spiro atoms. The summed E-state index contributed by atoms with van der Waals surface area (Å²) in [5.41, 5.74) is 1.16. The van der Waals surface area contributed by atoms with Gasteiger partial charge in [-0.25, -0.2) is 4.79 Å². The molecule has 3 nitrogen and oxygen atoms in total. The quantitative estimate of drug-likeness (QED) is 0.844. The SMILES string of the molecule is O=C(NCCCc1ccccc1)N1CCCCC1C(F)(F)F. The summed E-state index contributed by atoms with van der Waals surface area (Å²) in [7, 11) is 0. The van der Waals surface area contributed by atoms with E-state index in [0.717, 1.165) is 16.9 Å². The summed E-state index contributed by atoms with van der Waals surface area (Å²) in [4.78, 5) is 12.9. The van der Waals surface area contributed by atoms with Gasteiger partial charge in [-0.2, -0.15) is 13.2 Å². The van der Waals surface area contributed by atoms with Crippen molar-refractivity contribution in [3.63, 3.8) is 0 Å². The number of nitrogens with one attached hydrogen (secondary N) is 1. The maximum atomic E-state index is 12.9. The first-order valence-electron chi connectivity index (χ1n) is 7.63. The molecule has 0 aliphatic carbocycles. The summed E-state index contributed by atoms with van der Waals surface area (Å²) in [6, 6.07) is 7.55. The van der Waals surface area contributed by atoms with Gasteiger partial charge in [-0.1, -0.05) is 30.3 Å². The fraction of sp³-hybridized carbons (Fsp3) is 0.562. The average Bonchev–Trinajstić information content (AvgIpc) is 2.51. The van der Waals surface area contributed by atoms with Crippen LogP contribution in [0.4, 0.5) is 18.0 Å². The van der Waals surface area contributed by atoms with Crippen LogP contribution in [-0.2, 0) is 6.42 Å². The molecule has 6 heteroatoms. The molecule has 1 aliphatic heterocycles. The number of likely N-dealkylation sites (tertiary alicyclic amines) is 1. The van der Waals surface area contributed by atoms with E-state index in [4.69, 9.17) is 0 Å². The Morgan fingerprint density at radius 2 is 1.95 bits per heavy atom. The first kappa shape index (κ1) is 16.6. The highest BCUT2D eigenvalue weighted by atomic mass is 19.4. The second-order valence-electron chi connectivity index (χ2n) is 5.57. The number of aryl methyl sites for hydroxylation is 1. The molecule has 0 saturated carbocycles. The summed E-state index contributed by atoms with van der Waals surface area (Å²) >= 11 is 0. The van der Waals surface area contributed by atoms with Gasteiger partial charge in [0.25, 0.3) is 0 Å². The molecule has 1 atom stereocenters. The van der Waals surface area contributed by atoms with Gasteiger partial charge in [0.15, 0.2) is 0 Å². The standard InChI is InChI=1S/C16H21F3N2O/c17-16(18,19)14-10-4-5-12-21(14)15(22)20-11-6-9-13-7-2-1-3-8-13/h1-3,7-8,14H,4-6,9-12H2,(H,20,22). The molecule has 1 N–H and O–H groups in total. The molecule has 0 bridgehead atoms. The highest BCUT2D eigenvalue weighted by Crippen LogP contribution is 2.31. The topological polar surface area (TPSA) is 32.3 Å². The molecule has 1 aliphatic rings. The number of benzene rings is 1. The number of rotatable bonds is 4. The number of carbonyl (C=O) groups excluding carboxylic acids is 1. The van der Waals surface area contributed by atoms with Gasteiger partial charge in [-0.3, -0.25) is 0 Å². The van der Waals surface area contributed by atoms with Gasteiger partial charge < -0.3 is 10.2 Å². The summed E-state index contributed by atoms with van der Waals surface area (Å²) in [6.07, 6.45) is -1.70. The largest absolute Gasteiger partial charge is 0.408 e. The van der Waals surface area contributed by atoms with Crippen molar-refractivity contribution in [3.05, 3.63) is 35.9 Å². The van der Waals surface area contributed by atoms with Crippen LogP contribution in [0.25, 0.3) is 0 Å². The first-order chi connectivity index (χ1) is 10.5. The minimum absolute atomic E-state index is 0.000928. The van der Waals surface area contributed by atoms with Crippen molar-refractivity contribution in [2.75, 3.05) is 13.1 Å². The Morgan fingerprint density at radius 1 is 1.23 bits per heavy atom. The number of hydrogen-bond donors (Lipinski definition) is 1. The molecule has 0 aromatic heterocycles. The molecule has 2 rings (SSSR count). The number of amides is 2. The zero-order chi connectivity index (χ0) is 16.0. The molecule has 22 heavy (non-hydrogen) atoms. The van der Waals surface area contributed by atoms with Crippen LogP contribution in [0, 0.1) is 0 Å². The van der Waals surface area contributed by atoms with Gasteiger partial charge in [0.05, 0.1) is 0 Å². The molecular weight excluding hydrogens is 293 g/mol. The van der Waals surface area contributed by atoms with Gasteiger partial charge in [-0.05, 0) is 37.7 Å². The summed E-state index contributed by atoms with van der Waals surface area (Å²) in [6.45, 7) is 0.559. The second-order valence-corrected chi connectivity index (χ2v) is 5.57. The van der Waals surface area contributed by atoms with Gasteiger partial charge >= 0.3 is 12.2 Å². The highest BCUT2D eigenvalue weighted by molar-refractivity contribution is 5.74. The van der Waals surface area contributed by atoms with Crippen molar-refractivity contribution in [1.29, 1.82) is 0 Å². The van der Waals surface area contributed by atoms with Crippen LogP contribution in [-0.4, -0.2) is 36.2 Å². The summed E-state index contributed by atoms with van der Waals surface area (Å²) in [5, 5.41) is 2.61. The average molecular weight is 314 g/mol.